The van der Waals surface area contributed by atoms with Crippen LogP contribution in [0.4, 0.5) is 5.69 Å². The van der Waals surface area contributed by atoms with E-state index in [-0.39, 0.29) is 10.5 Å². The van der Waals surface area contributed by atoms with Crippen LogP contribution >= 0.6 is 11.8 Å². The molecule has 0 amide bonds. The van der Waals surface area contributed by atoms with E-state index in [9.17, 15) is 13.2 Å². The lowest BCUT2D eigenvalue weighted by Gasteiger charge is -2.13. The summed E-state index contributed by atoms with van der Waals surface area (Å²) in [4.78, 5) is 18.0. The molecule has 0 aliphatic carbocycles. The molecule has 1 N–H and O–H groups in total. The smallest absolute Gasteiger partial charge is 0.262 e. The molecule has 0 atom stereocenters. The van der Waals surface area contributed by atoms with Gasteiger partial charge in [0.25, 0.3) is 15.6 Å². The summed E-state index contributed by atoms with van der Waals surface area (Å²) in [6, 6.07) is 19.3. The van der Waals surface area contributed by atoms with E-state index in [4.69, 9.17) is 0 Å². The molecular formula is C23H21N3O3S2. The Bertz CT molecular complexity index is 1430. The molecule has 0 unspecified atom stereocenters. The Morgan fingerprint density at radius 3 is 2.55 bits per heavy atom. The van der Waals surface area contributed by atoms with Crippen LogP contribution in [0.1, 0.15) is 16.8 Å². The van der Waals surface area contributed by atoms with Crippen LogP contribution in [0.15, 0.2) is 87.5 Å². The Balaban J connectivity index is 1.59. The lowest BCUT2D eigenvalue weighted by Crippen LogP contribution is -2.15. The van der Waals surface area contributed by atoms with Crippen molar-refractivity contribution in [3.8, 4) is 0 Å². The number of aromatic nitrogens is 2. The van der Waals surface area contributed by atoms with Crippen molar-refractivity contribution in [1.82, 2.24) is 9.38 Å². The van der Waals surface area contributed by atoms with Crippen LogP contribution in [0.3, 0.4) is 0 Å². The van der Waals surface area contributed by atoms with E-state index in [1.54, 1.807) is 49.5 Å². The monoisotopic (exact) mass is 451 g/mol. The second-order valence-corrected chi connectivity index (χ2v) is 9.84. The summed E-state index contributed by atoms with van der Waals surface area (Å²) in [5.74, 6) is 0.433. The molecule has 2 heterocycles. The molecule has 158 valence electrons. The van der Waals surface area contributed by atoms with Gasteiger partial charge in [-0.25, -0.2) is 13.4 Å². The summed E-state index contributed by atoms with van der Waals surface area (Å²) >= 11 is 1.42. The van der Waals surface area contributed by atoms with Crippen molar-refractivity contribution in [3.63, 3.8) is 0 Å². The lowest BCUT2D eigenvalue weighted by molar-refractivity contribution is 0.600. The molecule has 0 aliphatic rings. The van der Waals surface area contributed by atoms with Crippen molar-refractivity contribution >= 4 is 33.1 Å². The quantitative estimate of drug-likeness (QED) is 0.440. The molecule has 4 rings (SSSR count). The highest BCUT2D eigenvalue weighted by Crippen LogP contribution is 2.31. The number of para-hydroxylation sites is 1. The first-order chi connectivity index (χ1) is 14.8. The van der Waals surface area contributed by atoms with Gasteiger partial charge in [0.05, 0.1) is 16.3 Å². The predicted octanol–water partition coefficient (Wildman–Crippen LogP) is 4.40. The van der Waals surface area contributed by atoms with Crippen molar-refractivity contribution < 1.29 is 8.42 Å². The average Bonchev–Trinajstić information content (AvgIpc) is 2.73. The highest BCUT2D eigenvalue weighted by Gasteiger charge is 2.18. The molecule has 4 aromatic rings. The van der Waals surface area contributed by atoms with Crippen molar-refractivity contribution in [3.05, 3.63) is 100 Å². The average molecular weight is 452 g/mol. The van der Waals surface area contributed by atoms with Crippen LogP contribution in [0.25, 0.3) is 5.65 Å². The first-order valence-corrected chi connectivity index (χ1v) is 12.1. The van der Waals surface area contributed by atoms with Crippen molar-refractivity contribution in [2.24, 2.45) is 0 Å². The Labute approximate surface area is 185 Å². The van der Waals surface area contributed by atoms with Crippen molar-refractivity contribution in [2.45, 2.75) is 29.4 Å². The third kappa shape index (κ3) is 4.65. The van der Waals surface area contributed by atoms with Gasteiger partial charge < -0.3 is 0 Å². The maximum Gasteiger partial charge on any atom is 0.262 e. The molecule has 0 saturated carbocycles. The molecule has 0 bridgehead atoms. The number of hydrogen-bond acceptors (Lipinski definition) is 5. The Kier molecular flexibility index (Phi) is 5.84. The van der Waals surface area contributed by atoms with Gasteiger partial charge >= 0.3 is 0 Å². The summed E-state index contributed by atoms with van der Waals surface area (Å²) < 4.78 is 30.0. The minimum absolute atomic E-state index is 0.141. The summed E-state index contributed by atoms with van der Waals surface area (Å²) in [5, 5.41) is 0. The Hall–Kier alpha value is -3.10. The fraction of sp³-hybridized carbons (Fsp3) is 0.130. The maximum atomic E-state index is 12.9. The summed E-state index contributed by atoms with van der Waals surface area (Å²) in [6.07, 6.45) is 1.76. The second-order valence-electron chi connectivity index (χ2n) is 7.18. The standard InChI is InChI=1S/C23H21N3O3S2/c1-16-11-12-22-24-18(13-23(27)26(22)14-16)15-30-20-9-5-4-8-19(20)25-31(28,29)21-10-6-3-7-17(21)2/h3-14,25H,15H2,1-2H3. The lowest BCUT2D eigenvalue weighted by atomic mass is 10.2. The maximum absolute atomic E-state index is 12.9. The van der Waals surface area contributed by atoms with Gasteiger partial charge in [0.2, 0.25) is 0 Å². The van der Waals surface area contributed by atoms with Crippen LogP contribution in [0, 0.1) is 13.8 Å². The van der Waals surface area contributed by atoms with E-state index in [2.05, 4.69) is 9.71 Å². The van der Waals surface area contributed by atoms with E-state index in [1.165, 1.54) is 22.2 Å². The number of anilines is 1. The highest BCUT2D eigenvalue weighted by molar-refractivity contribution is 7.98. The number of nitrogens with zero attached hydrogens (tertiary/aromatic N) is 2. The number of thioether (sulfide) groups is 1. The van der Waals surface area contributed by atoms with Crippen LogP contribution in [-0.4, -0.2) is 17.8 Å². The second kappa shape index (κ2) is 8.56. The Morgan fingerprint density at radius 1 is 1.00 bits per heavy atom. The van der Waals surface area contributed by atoms with Gasteiger partial charge in [-0.15, -0.1) is 11.8 Å². The van der Waals surface area contributed by atoms with Crippen molar-refractivity contribution in [1.29, 1.82) is 0 Å². The van der Waals surface area contributed by atoms with E-state index in [0.29, 0.717) is 28.3 Å². The van der Waals surface area contributed by atoms with Crippen LogP contribution in [0.2, 0.25) is 0 Å². The zero-order chi connectivity index (χ0) is 22.0. The van der Waals surface area contributed by atoms with Gasteiger partial charge in [-0.05, 0) is 49.2 Å². The van der Waals surface area contributed by atoms with E-state index >= 15 is 0 Å². The first kappa shape index (κ1) is 21.1. The molecule has 0 fully saturated rings. The zero-order valence-electron chi connectivity index (χ0n) is 17.1. The highest BCUT2D eigenvalue weighted by atomic mass is 32.2. The number of sulfonamides is 1. The molecule has 6 nitrogen and oxygen atoms in total. The largest absolute Gasteiger partial charge is 0.278 e. The minimum Gasteiger partial charge on any atom is -0.278 e. The fourth-order valence-electron chi connectivity index (χ4n) is 3.22. The predicted molar refractivity (Wildman–Crippen MR) is 124 cm³/mol. The third-order valence-corrected chi connectivity index (χ3v) is 7.38. The topological polar surface area (TPSA) is 80.5 Å². The van der Waals surface area contributed by atoms with Gasteiger partial charge in [-0.3, -0.25) is 13.9 Å². The molecule has 0 saturated heterocycles. The SMILES string of the molecule is Cc1ccc2nc(CSc3ccccc3NS(=O)(=O)c3ccccc3C)cc(=O)n2c1. The van der Waals surface area contributed by atoms with Crippen molar-refractivity contribution in [2.75, 3.05) is 4.72 Å². The molecular weight excluding hydrogens is 430 g/mol. The summed E-state index contributed by atoms with van der Waals surface area (Å²) in [5.41, 5.74) is 3.23. The Morgan fingerprint density at radius 2 is 1.74 bits per heavy atom. The zero-order valence-corrected chi connectivity index (χ0v) is 18.7. The normalized spacial score (nSPS) is 11.5. The molecule has 2 aromatic carbocycles. The minimum atomic E-state index is -3.72. The van der Waals surface area contributed by atoms with Gasteiger partial charge in [0.1, 0.15) is 5.65 Å². The van der Waals surface area contributed by atoms with Gasteiger partial charge in [0.15, 0.2) is 0 Å². The van der Waals surface area contributed by atoms with Gasteiger partial charge in [0, 0.05) is 22.9 Å². The van der Waals surface area contributed by atoms with Gasteiger partial charge in [-0.2, -0.15) is 0 Å². The fourth-order valence-corrected chi connectivity index (χ4v) is 5.51. The molecule has 8 heteroatoms. The number of aryl methyl sites for hydroxylation is 2. The number of hydrogen-bond donors (Lipinski definition) is 1. The number of benzene rings is 2. The molecule has 0 radical (unpaired) electrons. The van der Waals surface area contributed by atoms with Crippen LogP contribution in [-0.2, 0) is 15.8 Å². The number of pyridine rings is 1. The van der Waals surface area contributed by atoms with Crippen LogP contribution in [0.5, 0.6) is 0 Å². The molecule has 2 aromatic heterocycles. The summed E-state index contributed by atoms with van der Waals surface area (Å²) in [6.45, 7) is 3.69. The van der Waals surface area contributed by atoms with E-state index < -0.39 is 10.0 Å². The molecule has 0 aliphatic heterocycles. The van der Waals surface area contributed by atoms with Gasteiger partial charge in [-0.1, -0.05) is 36.4 Å². The number of rotatable bonds is 6. The molecule has 0 spiro atoms. The van der Waals surface area contributed by atoms with E-state index in [1.807, 2.05) is 31.2 Å². The number of nitrogens with one attached hydrogen (secondary N) is 1. The van der Waals surface area contributed by atoms with E-state index in [0.717, 1.165) is 10.5 Å². The summed E-state index contributed by atoms with van der Waals surface area (Å²) in [7, 11) is -3.72. The first-order valence-electron chi connectivity index (χ1n) is 9.63. The van der Waals surface area contributed by atoms with Crippen LogP contribution < -0.4 is 10.3 Å². The number of fused-ring (bicyclic) bond motifs is 1. The molecule has 31 heavy (non-hydrogen) atoms. The third-order valence-electron chi connectivity index (χ3n) is 4.75.